The highest BCUT2D eigenvalue weighted by atomic mass is 15.4. The maximum atomic E-state index is 6.01. The van der Waals surface area contributed by atoms with E-state index in [1.807, 2.05) is 24.4 Å². The Hall–Kier alpha value is -5.71. The van der Waals surface area contributed by atoms with Crippen LogP contribution in [0.2, 0.25) is 0 Å². The van der Waals surface area contributed by atoms with Gasteiger partial charge in [0.05, 0.1) is 17.6 Å². The SMILES string of the molecule is Cc1ccccc1C1(C2(c3ccccc3C)N=C(c3ccccc3)C(c3ccccc3)(c3ccccc3)N2)N=CC(c2ccccc2)=N1. The van der Waals surface area contributed by atoms with Crippen molar-refractivity contribution in [3.8, 4) is 0 Å². The molecule has 2 unspecified atom stereocenters. The molecule has 6 aromatic carbocycles. The van der Waals surface area contributed by atoms with Crippen molar-refractivity contribution >= 4 is 17.6 Å². The molecule has 0 radical (unpaired) electrons. The van der Waals surface area contributed by atoms with Crippen LogP contribution in [0.15, 0.2) is 185 Å². The number of rotatable bonds is 7. The highest BCUT2D eigenvalue weighted by molar-refractivity contribution is 6.39. The van der Waals surface area contributed by atoms with Gasteiger partial charge in [-0.1, -0.05) is 170 Å². The van der Waals surface area contributed by atoms with Crippen LogP contribution in [0.5, 0.6) is 0 Å². The van der Waals surface area contributed by atoms with Crippen molar-refractivity contribution in [3.63, 3.8) is 0 Å². The minimum Gasteiger partial charge on any atom is -0.267 e. The minimum atomic E-state index is -1.19. The first kappa shape index (κ1) is 29.7. The predicted octanol–water partition coefficient (Wildman–Crippen LogP) is 8.92. The molecule has 1 N–H and O–H groups in total. The van der Waals surface area contributed by atoms with Crippen LogP contribution in [0.3, 0.4) is 0 Å². The van der Waals surface area contributed by atoms with E-state index in [-0.39, 0.29) is 0 Å². The Morgan fingerprint density at radius 1 is 0.458 bits per heavy atom. The van der Waals surface area contributed by atoms with Gasteiger partial charge in [-0.05, 0) is 41.7 Å². The fraction of sp³-hybridized carbons (Fsp3) is 0.114. The summed E-state index contributed by atoms with van der Waals surface area (Å²) in [7, 11) is 0. The molecule has 2 heterocycles. The quantitative estimate of drug-likeness (QED) is 0.190. The summed E-state index contributed by atoms with van der Waals surface area (Å²) in [6, 6.07) is 59.2. The molecule has 0 amide bonds. The molecule has 0 saturated heterocycles. The molecule has 2 aliphatic rings. The summed E-state index contributed by atoms with van der Waals surface area (Å²) in [5, 5.41) is 4.31. The highest BCUT2D eigenvalue weighted by Gasteiger charge is 2.65. The zero-order valence-electron chi connectivity index (χ0n) is 27.1. The Morgan fingerprint density at radius 2 is 0.917 bits per heavy atom. The van der Waals surface area contributed by atoms with Crippen LogP contribution < -0.4 is 5.32 Å². The first-order valence-electron chi connectivity index (χ1n) is 16.5. The molecule has 2 atom stereocenters. The molecule has 2 aliphatic heterocycles. The molecule has 4 nitrogen and oxygen atoms in total. The predicted molar refractivity (Wildman–Crippen MR) is 197 cm³/mol. The van der Waals surface area contributed by atoms with Crippen molar-refractivity contribution in [3.05, 3.63) is 214 Å². The number of hydrogen-bond donors (Lipinski definition) is 1. The number of aliphatic imine (C=N–C) groups is 3. The maximum absolute atomic E-state index is 6.01. The molecule has 0 fully saturated rings. The second kappa shape index (κ2) is 11.8. The zero-order valence-corrected chi connectivity index (χ0v) is 27.1. The van der Waals surface area contributed by atoms with E-state index in [9.17, 15) is 0 Å². The highest BCUT2D eigenvalue weighted by Crippen LogP contribution is 2.56. The van der Waals surface area contributed by atoms with Crippen molar-refractivity contribution in [2.24, 2.45) is 15.0 Å². The summed E-state index contributed by atoms with van der Waals surface area (Å²) in [6.07, 6.45) is 1.94. The average molecular weight is 621 g/mol. The number of aryl methyl sites for hydroxylation is 2. The summed E-state index contributed by atoms with van der Waals surface area (Å²) in [4.78, 5) is 17.2. The molecule has 4 heteroatoms. The van der Waals surface area contributed by atoms with Crippen molar-refractivity contribution < 1.29 is 0 Å². The number of benzene rings is 6. The second-order valence-corrected chi connectivity index (χ2v) is 12.6. The molecule has 0 aromatic heterocycles. The summed E-state index contributed by atoms with van der Waals surface area (Å²) in [5.74, 6) is 0. The van der Waals surface area contributed by atoms with Gasteiger partial charge >= 0.3 is 0 Å². The van der Waals surface area contributed by atoms with E-state index in [1.165, 1.54) is 0 Å². The van der Waals surface area contributed by atoms with Gasteiger partial charge in [0.15, 0.2) is 5.66 Å². The topological polar surface area (TPSA) is 49.1 Å². The molecule has 48 heavy (non-hydrogen) atoms. The van der Waals surface area contributed by atoms with E-state index in [4.69, 9.17) is 15.0 Å². The van der Waals surface area contributed by atoms with Gasteiger partial charge in [0, 0.05) is 16.7 Å². The van der Waals surface area contributed by atoms with Crippen molar-refractivity contribution in [2.75, 3.05) is 0 Å². The number of hydrogen-bond acceptors (Lipinski definition) is 4. The van der Waals surface area contributed by atoms with E-state index in [1.54, 1.807) is 0 Å². The third-order valence-electron chi connectivity index (χ3n) is 9.75. The van der Waals surface area contributed by atoms with Gasteiger partial charge in [-0.2, -0.15) is 0 Å². The van der Waals surface area contributed by atoms with Crippen LogP contribution in [-0.2, 0) is 16.9 Å². The van der Waals surface area contributed by atoms with E-state index in [0.717, 1.165) is 55.9 Å². The molecule has 0 aliphatic carbocycles. The van der Waals surface area contributed by atoms with Crippen LogP contribution >= 0.6 is 0 Å². The van der Waals surface area contributed by atoms with Gasteiger partial charge in [-0.25, -0.2) is 4.99 Å². The molecule has 0 saturated carbocycles. The molecule has 8 rings (SSSR count). The number of nitrogens with zero attached hydrogens (tertiary/aromatic N) is 3. The standard InChI is InChI=1S/C44H36N4/c1-32-19-15-17-29-38(32)43(45-31-40(46-43)34-21-7-3-8-22-34)44(39-30-18-16-20-33(39)2)47-41(35-23-9-4-10-24-35)42(48-44,36-25-11-5-12-26-36)37-27-13-6-14-28-37/h3-31,48H,1-2H3. The Labute approximate surface area is 282 Å². The Morgan fingerprint density at radius 3 is 1.46 bits per heavy atom. The van der Waals surface area contributed by atoms with Gasteiger partial charge in [0.25, 0.3) is 0 Å². The fourth-order valence-corrected chi connectivity index (χ4v) is 7.50. The monoisotopic (exact) mass is 620 g/mol. The third kappa shape index (κ3) is 4.52. The first-order valence-corrected chi connectivity index (χ1v) is 16.5. The zero-order chi connectivity index (χ0) is 32.6. The van der Waals surface area contributed by atoms with E-state index < -0.39 is 16.9 Å². The van der Waals surface area contributed by atoms with Crippen LogP contribution in [-0.4, -0.2) is 17.6 Å². The molecule has 232 valence electrons. The normalized spacial score (nSPS) is 21.1. The smallest absolute Gasteiger partial charge is 0.218 e. The van der Waals surface area contributed by atoms with Crippen molar-refractivity contribution in [1.82, 2.24) is 5.32 Å². The van der Waals surface area contributed by atoms with E-state index in [0.29, 0.717) is 0 Å². The Bertz CT molecular complexity index is 2130. The van der Waals surface area contributed by atoms with Gasteiger partial charge in [0.1, 0.15) is 5.54 Å². The van der Waals surface area contributed by atoms with E-state index >= 15 is 0 Å². The van der Waals surface area contributed by atoms with Crippen LogP contribution in [0.1, 0.15) is 44.5 Å². The van der Waals surface area contributed by atoms with Crippen molar-refractivity contribution in [2.45, 2.75) is 30.7 Å². The van der Waals surface area contributed by atoms with Crippen LogP contribution in [0, 0.1) is 13.8 Å². The summed E-state index contributed by atoms with van der Waals surface area (Å²) >= 11 is 0. The lowest BCUT2D eigenvalue weighted by atomic mass is 9.74. The second-order valence-electron chi connectivity index (χ2n) is 12.6. The first-order chi connectivity index (χ1) is 23.6. The Kier molecular flexibility index (Phi) is 7.31. The lowest BCUT2D eigenvalue weighted by Gasteiger charge is -2.45. The molecular formula is C44H36N4. The van der Waals surface area contributed by atoms with Gasteiger partial charge in [0.2, 0.25) is 5.66 Å². The lowest BCUT2D eigenvalue weighted by molar-refractivity contribution is 0.179. The third-order valence-corrected chi connectivity index (χ3v) is 9.75. The summed E-state index contributed by atoms with van der Waals surface area (Å²) in [6.45, 7) is 4.31. The summed E-state index contributed by atoms with van der Waals surface area (Å²) in [5.41, 5.74) is 6.94. The summed E-state index contributed by atoms with van der Waals surface area (Å²) < 4.78 is 0. The molecule has 6 aromatic rings. The maximum Gasteiger partial charge on any atom is 0.218 e. The molecular weight excluding hydrogens is 585 g/mol. The van der Waals surface area contributed by atoms with Crippen LogP contribution in [0.25, 0.3) is 0 Å². The van der Waals surface area contributed by atoms with Gasteiger partial charge in [-0.15, -0.1) is 0 Å². The average Bonchev–Trinajstić information content (AvgIpc) is 3.77. The van der Waals surface area contributed by atoms with Gasteiger partial charge < -0.3 is 0 Å². The lowest BCUT2D eigenvalue weighted by Crippen LogP contribution is -2.59. The van der Waals surface area contributed by atoms with Gasteiger partial charge in [-0.3, -0.25) is 15.3 Å². The van der Waals surface area contributed by atoms with Crippen LogP contribution in [0.4, 0.5) is 0 Å². The fourth-order valence-electron chi connectivity index (χ4n) is 7.50. The van der Waals surface area contributed by atoms with E-state index in [2.05, 4.69) is 171 Å². The Balaban J connectivity index is 1.54. The molecule has 0 spiro atoms. The molecule has 0 bridgehead atoms. The largest absolute Gasteiger partial charge is 0.267 e. The van der Waals surface area contributed by atoms with Crippen molar-refractivity contribution in [1.29, 1.82) is 0 Å². The minimum absolute atomic E-state index is 0.821. The number of nitrogens with one attached hydrogen (secondary N) is 1.